The third kappa shape index (κ3) is 4.03. The molecule has 4 nitrogen and oxygen atoms in total. The Balaban J connectivity index is 2.12. The lowest BCUT2D eigenvalue weighted by Crippen LogP contribution is -1.96. The minimum atomic E-state index is 0.524. The van der Waals surface area contributed by atoms with Crippen molar-refractivity contribution in [3.63, 3.8) is 0 Å². The zero-order valence-electron chi connectivity index (χ0n) is 12.7. The van der Waals surface area contributed by atoms with Crippen LogP contribution >= 0.6 is 0 Å². The second-order valence-electron chi connectivity index (χ2n) is 4.66. The highest BCUT2D eigenvalue weighted by Crippen LogP contribution is 2.28. The molecule has 0 spiro atoms. The van der Waals surface area contributed by atoms with Gasteiger partial charge in [0, 0.05) is 23.9 Å². The Hall–Kier alpha value is -2.93. The Bertz CT molecular complexity index is 688. The number of benzene rings is 2. The fraction of sp³-hybridized carbons (Fsp3) is 0.167. The summed E-state index contributed by atoms with van der Waals surface area (Å²) < 4.78 is 10.5. The summed E-state index contributed by atoms with van der Waals surface area (Å²) in [6, 6.07) is 17.6. The molecule has 0 unspecified atom stereocenters. The van der Waals surface area contributed by atoms with Crippen molar-refractivity contribution < 1.29 is 9.47 Å². The molecule has 112 valence electrons. The number of hydrogen-bond donors (Lipinski definition) is 1. The lowest BCUT2D eigenvalue weighted by molar-refractivity contribution is 0.354. The summed E-state index contributed by atoms with van der Waals surface area (Å²) in [5.41, 5.74) is 2.57. The Kier molecular flexibility index (Phi) is 5.44. The van der Waals surface area contributed by atoms with Crippen LogP contribution in [0.1, 0.15) is 5.56 Å². The van der Waals surface area contributed by atoms with Gasteiger partial charge in [-0.3, -0.25) is 0 Å². The first-order valence-corrected chi connectivity index (χ1v) is 6.88. The topological polar surface area (TPSA) is 54.3 Å². The number of nitriles is 1. The number of nitrogens with zero attached hydrogens (tertiary/aromatic N) is 1. The quantitative estimate of drug-likeness (QED) is 0.824. The first-order chi connectivity index (χ1) is 10.8. The highest BCUT2D eigenvalue weighted by atomic mass is 16.5. The molecule has 0 aliphatic heterocycles. The summed E-state index contributed by atoms with van der Waals surface area (Å²) in [5.74, 6) is 1.34. The summed E-state index contributed by atoms with van der Waals surface area (Å²) in [4.78, 5) is 0. The molecule has 0 aliphatic carbocycles. The molecular formula is C18H18N2O2. The highest BCUT2D eigenvalue weighted by Gasteiger charge is 2.06. The van der Waals surface area contributed by atoms with Gasteiger partial charge in [0.1, 0.15) is 0 Å². The van der Waals surface area contributed by atoms with E-state index in [2.05, 4.69) is 11.4 Å². The van der Waals surface area contributed by atoms with Crippen LogP contribution in [0.5, 0.6) is 11.5 Å². The number of allylic oxidation sites excluding steroid dienone is 1. The fourth-order valence-electron chi connectivity index (χ4n) is 2.04. The van der Waals surface area contributed by atoms with E-state index in [4.69, 9.17) is 9.47 Å². The largest absolute Gasteiger partial charge is 0.493 e. The molecule has 1 N–H and O–H groups in total. The van der Waals surface area contributed by atoms with Gasteiger partial charge in [-0.15, -0.1) is 0 Å². The van der Waals surface area contributed by atoms with Gasteiger partial charge in [-0.2, -0.15) is 5.26 Å². The molecule has 0 amide bonds. The molecule has 0 aliphatic rings. The first kappa shape index (κ1) is 15.5. The number of para-hydroxylation sites is 1. The van der Waals surface area contributed by atoms with Gasteiger partial charge in [-0.05, 0) is 29.8 Å². The number of rotatable bonds is 6. The number of ether oxygens (including phenoxy) is 2. The van der Waals surface area contributed by atoms with E-state index < -0.39 is 0 Å². The summed E-state index contributed by atoms with van der Waals surface area (Å²) >= 11 is 0. The standard InChI is InChI=1S/C18H18N2O2/c1-21-17-9-8-14(11-18(17)22-2)10-15(12-19)13-20-16-6-4-3-5-7-16/h3-9,11,13,20H,10H2,1-2H3/b15-13-. The second kappa shape index (κ2) is 7.75. The molecule has 2 rings (SSSR count). The van der Waals surface area contributed by atoms with Crippen LogP contribution in [0.2, 0.25) is 0 Å². The van der Waals surface area contributed by atoms with Crippen molar-refractivity contribution in [2.75, 3.05) is 19.5 Å². The molecule has 0 bridgehead atoms. The smallest absolute Gasteiger partial charge is 0.160 e. The molecule has 0 atom stereocenters. The van der Waals surface area contributed by atoms with Crippen LogP contribution < -0.4 is 14.8 Å². The molecule has 4 heteroatoms. The lowest BCUT2D eigenvalue weighted by atomic mass is 10.1. The normalized spacial score (nSPS) is 10.7. The Morgan fingerprint density at radius 2 is 1.82 bits per heavy atom. The van der Waals surface area contributed by atoms with Crippen molar-refractivity contribution in [2.45, 2.75) is 6.42 Å². The van der Waals surface area contributed by atoms with E-state index in [0.29, 0.717) is 23.5 Å². The van der Waals surface area contributed by atoms with Crippen molar-refractivity contribution in [1.82, 2.24) is 0 Å². The molecular weight excluding hydrogens is 276 g/mol. The van der Waals surface area contributed by atoms with Crippen LogP contribution in [-0.2, 0) is 6.42 Å². The zero-order valence-corrected chi connectivity index (χ0v) is 12.7. The summed E-state index contributed by atoms with van der Waals surface area (Å²) in [6.07, 6.45) is 2.25. The second-order valence-corrected chi connectivity index (χ2v) is 4.66. The van der Waals surface area contributed by atoms with Crippen LogP contribution in [-0.4, -0.2) is 14.2 Å². The summed E-state index contributed by atoms with van der Waals surface area (Å²) in [7, 11) is 3.20. The van der Waals surface area contributed by atoms with Gasteiger partial charge in [0.15, 0.2) is 11.5 Å². The summed E-state index contributed by atoms with van der Waals surface area (Å²) in [5, 5.41) is 12.4. The number of anilines is 1. The van der Waals surface area contributed by atoms with Crippen LogP contribution in [0.3, 0.4) is 0 Å². The number of methoxy groups -OCH3 is 2. The molecule has 0 aromatic heterocycles. The maximum atomic E-state index is 9.28. The van der Waals surface area contributed by atoms with Gasteiger partial charge < -0.3 is 14.8 Å². The van der Waals surface area contributed by atoms with Gasteiger partial charge >= 0.3 is 0 Å². The van der Waals surface area contributed by atoms with Crippen LogP contribution in [0.15, 0.2) is 60.3 Å². The Morgan fingerprint density at radius 3 is 2.45 bits per heavy atom. The van der Waals surface area contributed by atoms with Crippen molar-refractivity contribution in [1.29, 1.82) is 5.26 Å². The predicted molar refractivity (Wildman–Crippen MR) is 87.0 cm³/mol. The Morgan fingerprint density at radius 1 is 1.09 bits per heavy atom. The monoisotopic (exact) mass is 294 g/mol. The summed E-state index contributed by atoms with van der Waals surface area (Å²) in [6.45, 7) is 0. The average Bonchev–Trinajstić information content (AvgIpc) is 2.59. The molecule has 0 saturated heterocycles. The molecule has 2 aromatic rings. The van der Waals surface area contributed by atoms with Gasteiger partial charge in [-0.1, -0.05) is 24.3 Å². The van der Waals surface area contributed by atoms with Crippen molar-refractivity contribution in [2.24, 2.45) is 0 Å². The van der Waals surface area contributed by atoms with E-state index >= 15 is 0 Å². The van der Waals surface area contributed by atoms with Gasteiger partial charge in [0.25, 0.3) is 0 Å². The fourth-order valence-corrected chi connectivity index (χ4v) is 2.04. The molecule has 0 heterocycles. The third-order valence-corrected chi connectivity index (χ3v) is 3.17. The van der Waals surface area contributed by atoms with Crippen LogP contribution in [0.4, 0.5) is 5.69 Å². The molecule has 0 fully saturated rings. The highest BCUT2D eigenvalue weighted by molar-refractivity contribution is 5.48. The average molecular weight is 294 g/mol. The SMILES string of the molecule is COc1ccc(C/C(C#N)=C/Nc2ccccc2)cc1OC. The molecule has 0 radical (unpaired) electrons. The number of nitrogens with one attached hydrogen (secondary N) is 1. The van der Waals surface area contributed by atoms with Crippen molar-refractivity contribution >= 4 is 5.69 Å². The van der Waals surface area contributed by atoms with E-state index in [0.717, 1.165) is 11.3 Å². The maximum Gasteiger partial charge on any atom is 0.160 e. The maximum absolute atomic E-state index is 9.28. The Labute approximate surface area is 130 Å². The van der Waals surface area contributed by atoms with E-state index in [1.54, 1.807) is 20.4 Å². The van der Waals surface area contributed by atoms with Crippen molar-refractivity contribution in [3.8, 4) is 17.6 Å². The van der Waals surface area contributed by atoms with E-state index in [9.17, 15) is 5.26 Å². The van der Waals surface area contributed by atoms with Gasteiger partial charge in [0.05, 0.1) is 20.3 Å². The minimum Gasteiger partial charge on any atom is -0.493 e. The van der Waals surface area contributed by atoms with E-state index in [-0.39, 0.29) is 0 Å². The molecule has 0 saturated carbocycles. The molecule has 2 aromatic carbocycles. The number of hydrogen-bond acceptors (Lipinski definition) is 4. The first-order valence-electron chi connectivity index (χ1n) is 6.88. The van der Waals surface area contributed by atoms with E-state index in [1.165, 1.54) is 0 Å². The van der Waals surface area contributed by atoms with Crippen LogP contribution in [0.25, 0.3) is 0 Å². The van der Waals surface area contributed by atoms with Crippen LogP contribution in [0, 0.1) is 11.3 Å². The predicted octanol–water partition coefficient (Wildman–Crippen LogP) is 3.77. The van der Waals surface area contributed by atoms with Gasteiger partial charge in [0.2, 0.25) is 0 Å². The zero-order chi connectivity index (χ0) is 15.8. The molecule has 22 heavy (non-hydrogen) atoms. The lowest BCUT2D eigenvalue weighted by Gasteiger charge is -2.09. The minimum absolute atomic E-state index is 0.524. The van der Waals surface area contributed by atoms with E-state index in [1.807, 2.05) is 48.5 Å². The third-order valence-electron chi connectivity index (χ3n) is 3.17. The van der Waals surface area contributed by atoms with Crippen molar-refractivity contribution in [3.05, 3.63) is 65.9 Å². The van der Waals surface area contributed by atoms with Gasteiger partial charge in [-0.25, -0.2) is 0 Å².